The second-order valence-corrected chi connectivity index (χ2v) is 5.43. The summed E-state index contributed by atoms with van der Waals surface area (Å²) in [6.07, 6.45) is 3.72. The molecule has 1 aromatic heterocycles. The minimum Gasteiger partial charge on any atom is -0.489 e. The van der Waals surface area contributed by atoms with Gasteiger partial charge in [0.1, 0.15) is 6.61 Å². The van der Waals surface area contributed by atoms with Gasteiger partial charge in [0.2, 0.25) is 5.91 Å². The van der Waals surface area contributed by atoms with E-state index in [0.29, 0.717) is 6.54 Å². The van der Waals surface area contributed by atoms with Crippen molar-refractivity contribution in [2.24, 2.45) is 0 Å². The van der Waals surface area contributed by atoms with Crippen LogP contribution < -0.4 is 10.1 Å². The van der Waals surface area contributed by atoms with E-state index in [0.717, 1.165) is 11.3 Å². The summed E-state index contributed by atoms with van der Waals surface area (Å²) in [5, 5.41) is 7.00. The molecule has 0 aliphatic rings. The molecule has 0 saturated heterocycles. The van der Waals surface area contributed by atoms with Gasteiger partial charge in [0.15, 0.2) is 11.6 Å². The summed E-state index contributed by atoms with van der Waals surface area (Å²) < 4.78 is 20.4. The van der Waals surface area contributed by atoms with Crippen molar-refractivity contribution < 1.29 is 13.9 Å². The van der Waals surface area contributed by atoms with Crippen molar-refractivity contribution in [3.05, 3.63) is 78.4 Å². The van der Waals surface area contributed by atoms with E-state index in [1.54, 1.807) is 29.1 Å². The summed E-state index contributed by atoms with van der Waals surface area (Å²) in [5.41, 5.74) is 1.75. The molecule has 0 fully saturated rings. The normalized spacial score (nSPS) is 10.4. The topological polar surface area (TPSA) is 56.2 Å². The Balaban J connectivity index is 1.44. The molecule has 0 saturated carbocycles. The quantitative estimate of drug-likeness (QED) is 0.674. The van der Waals surface area contributed by atoms with Crippen molar-refractivity contribution in [1.82, 2.24) is 15.1 Å². The molecule has 0 spiro atoms. The number of ether oxygens (including phenoxy) is 1. The predicted octanol–water partition coefficient (Wildman–Crippen LogP) is 2.75. The number of benzene rings is 2. The lowest BCUT2D eigenvalue weighted by Crippen LogP contribution is -2.29. The van der Waals surface area contributed by atoms with Crippen LogP contribution in [0.3, 0.4) is 0 Å². The van der Waals surface area contributed by atoms with Gasteiger partial charge in [-0.2, -0.15) is 5.10 Å². The van der Waals surface area contributed by atoms with Crippen molar-refractivity contribution in [3.63, 3.8) is 0 Å². The van der Waals surface area contributed by atoms with E-state index in [4.69, 9.17) is 4.74 Å². The molecule has 1 heterocycles. The molecule has 1 N–H and O–H groups in total. The molecule has 3 aromatic rings. The molecule has 1 amide bonds. The van der Waals surface area contributed by atoms with Crippen molar-refractivity contribution in [3.8, 4) is 11.4 Å². The van der Waals surface area contributed by atoms with Crippen LogP contribution in [0.25, 0.3) is 5.69 Å². The van der Waals surface area contributed by atoms with E-state index in [1.165, 1.54) is 6.07 Å². The molecule has 0 aliphatic heterocycles. The number of aromatic nitrogens is 2. The maximum Gasteiger partial charge on any atom is 0.224 e. The molecule has 0 unspecified atom stereocenters. The van der Waals surface area contributed by atoms with Gasteiger partial charge in [-0.1, -0.05) is 30.3 Å². The summed E-state index contributed by atoms with van der Waals surface area (Å²) in [4.78, 5) is 12.0. The highest BCUT2D eigenvalue weighted by molar-refractivity contribution is 5.78. The number of halogens is 1. The van der Waals surface area contributed by atoms with Gasteiger partial charge < -0.3 is 10.1 Å². The predicted molar refractivity (Wildman–Crippen MR) is 92.2 cm³/mol. The molecule has 0 radical (unpaired) electrons. The molecule has 0 aliphatic carbocycles. The largest absolute Gasteiger partial charge is 0.489 e. The van der Waals surface area contributed by atoms with Crippen LogP contribution in [-0.2, 0) is 11.2 Å². The van der Waals surface area contributed by atoms with E-state index in [1.807, 2.05) is 36.5 Å². The summed E-state index contributed by atoms with van der Waals surface area (Å²) >= 11 is 0. The Labute approximate surface area is 145 Å². The van der Waals surface area contributed by atoms with E-state index in [-0.39, 0.29) is 24.7 Å². The van der Waals surface area contributed by atoms with Gasteiger partial charge >= 0.3 is 0 Å². The zero-order chi connectivity index (χ0) is 17.5. The number of hydrogen-bond donors (Lipinski definition) is 1. The lowest BCUT2D eigenvalue weighted by molar-refractivity contribution is -0.120. The number of carbonyl (C=O) groups is 1. The number of nitrogens with one attached hydrogen (secondary N) is 1. The lowest BCUT2D eigenvalue weighted by atomic mass is 10.2. The third-order valence-corrected chi connectivity index (χ3v) is 3.54. The van der Waals surface area contributed by atoms with Gasteiger partial charge in [-0.05, 0) is 29.8 Å². The molecule has 3 rings (SSSR count). The van der Waals surface area contributed by atoms with E-state index in [2.05, 4.69) is 10.4 Å². The summed E-state index contributed by atoms with van der Waals surface area (Å²) in [6.45, 7) is 0.510. The third kappa shape index (κ3) is 4.67. The van der Waals surface area contributed by atoms with Gasteiger partial charge in [0.05, 0.1) is 24.8 Å². The van der Waals surface area contributed by atoms with Crippen LogP contribution in [0.1, 0.15) is 5.56 Å². The monoisotopic (exact) mass is 339 g/mol. The maximum atomic E-state index is 13.4. The highest BCUT2D eigenvalue weighted by Crippen LogP contribution is 2.14. The Hall–Kier alpha value is -3.15. The molecular formula is C19H18FN3O2. The fourth-order valence-electron chi connectivity index (χ4n) is 2.33. The minimum atomic E-state index is -0.415. The van der Waals surface area contributed by atoms with Crippen LogP contribution in [0.4, 0.5) is 4.39 Å². The Kier molecular flexibility index (Phi) is 5.41. The average molecular weight is 339 g/mol. The first kappa shape index (κ1) is 16.7. The zero-order valence-electron chi connectivity index (χ0n) is 13.6. The first-order valence-electron chi connectivity index (χ1n) is 7.95. The number of nitrogens with zero attached hydrogens (tertiary/aromatic N) is 2. The fraction of sp³-hybridized carbons (Fsp3) is 0.158. The van der Waals surface area contributed by atoms with Crippen LogP contribution in [0.2, 0.25) is 0 Å². The van der Waals surface area contributed by atoms with Crippen LogP contribution in [0.5, 0.6) is 5.75 Å². The number of hydrogen-bond acceptors (Lipinski definition) is 3. The minimum absolute atomic E-state index is 0.134. The Morgan fingerprint density at radius 1 is 1.12 bits per heavy atom. The van der Waals surface area contributed by atoms with Crippen molar-refractivity contribution in [1.29, 1.82) is 0 Å². The number of carbonyl (C=O) groups excluding carboxylic acids is 1. The van der Waals surface area contributed by atoms with Crippen molar-refractivity contribution in [2.45, 2.75) is 6.42 Å². The second-order valence-electron chi connectivity index (χ2n) is 5.43. The molecular weight excluding hydrogens is 321 g/mol. The number of para-hydroxylation sites is 2. The number of rotatable bonds is 7. The van der Waals surface area contributed by atoms with E-state index >= 15 is 0 Å². The third-order valence-electron chi connectivity index (χ3n) is 3.54. The van der Waals surface area contributed by atoms with Crippen LogP contribution in [0, 0.1) is 5.82 Å². The standard InChI is InChI=1S/C19H18FN3O2/c20-17-8-4-5-9-18(17)25-11-10-21-19(24)12-15-13-22-23(14-15)16-6-2-1-3-7-16/h1-9,13-14H,10-12H2,(H,21,24). The summed E-state index contributed by atoms with van der Waals surface area (Å²) in [7, 11) is 0. The smallest absolute Gasteiger partial charge is 0.224 e. The second kappa shape index (κ2) is 8.10. The Morgan fingerprint density at radius 2 is 1.88 bits per heavy atom. The van der Waals surface area contributed by atoms with E-state index in [9.17, 15) is 9.18 Å². The molecule has 25 heavy (non-hydrogen) atoms. The Morgan fingerprint density at radius 3 is 2.68 bits per heavy atom. The molecule has 2 aromatic carbocycles. The average Bonchev–Trinajstić information content (AvgIpc) is 3.09. The molecule has 0 bridgehead atoms. The zero-order valence-corrected chi connectivity index (χ0v) is 13.6. The highest BCUT2D eigenvalue weighted by atomic mass is 19.1. The first-order chi connectivity index (χ1) is 12.2. The Bertz CT molecular complexity index is 833. The van der Waals surface area contributed by atoms with Gasteiger partial charge in [0.25, 0.3) is 0 Å². The van der Waals surface area contributed by atoms with Crippen LogP contribution >= 0.6 is 0 Å². The summed E-state index contributed by atoms with van der Waals surface area (Å²) in [5.74, 6) is -0.368. The molecule has 5 nitrogen and oxygen atoms in total. The van der Waals surface area contributed by atoms with Gasteiger partial charge in [-0.25, -0.2) is 9.07 Å². The highest BCUT2D eigenvalue weighted by Gasteiger charge is 2.07. The van der Waals surface area contributed by atoms with E-state index < -0.39 is 5.82 Å². The van der Waals surface area contributed by atoms with Gasteiger partial charge in [0, 0.05) is 6.20 Å². The van der Waals surface area contributed by atoms with Gasteiger partial charge in [-0.15, -0.1) is 0 Å². The first-order valence-corrected chi connectivity index (χ1v) is 7.95. The lowest BCUT2D eigenvalue weighted by Gasteiger charge is -2.08. The maximum absolute atomic E-state index is 13.4. The van der Waals surface area contributed by atoms with Crippen LogP contribution in [0.15, 0.2) is 67.0 Å². The fourth-order valence-corrected chi connectivity index (χ4v) is 2.33. The molecule has 0 atom stereocenters. The SMILES string of the molecule is O=C(Cc1cnn(-c2ccccc2)c1)NCCOc1ccccc1F. The van der Waals surface area contributed by atoms with Crippen molar-refractivity contribution >= 4 is 5.91 Å². The summed E-state index contributed by atoms with van der Waals surface area (Å²) in [6, 6.07) is 15.9. The molecule has 128 valence electrons. The van der Waals surface area contributed by atoms with Gasteiger partial charge in [-0.3, -0.25) is 4.79 Å². The number of amides is 1. The van der Waals surface area contributed by atoms with Crippen LogP contribution in [-0.4, -0.2) is 28.8 Å². The van der Waals surface area contributed by atoms with Crippen molar-refractivity contribution in [2.75, 3.05) is 13.2 Å². The molecule has 6 heteroatoms.